The van der Waals surface area contributed by atoms with Gasteiger partial charge in [0.05, 0.1) is 11.8 Å². The first kappa shape index (κ1) is 18.0. The maximum absolute atomic E-state index is 12.0. The van der Waals surface area contributed by atoms with Crippen molar-refractivity contribution in [1.29, 1.82) is 0 Å². The Kier molecular flexibility index (Phi) is 5.28. The lowest BCUT2D eigenvalue weighted by Gasteiger charge is -2.08. The van der Waals surface area contributed by atoms with Gasteiger partial charge in [-0.25, -0.2) is 0 Å². The van der Waals surface area contributed by atoms with Crippen molar-refractivity contribution < 1.29 is 13.9 Å². The molecule has 3 rings (SSSR count). The highest BCUT2D eigenvalue weighted by Crippen LogP contribution is 2.26. The number of aryl methyl sites for hydroxylation is 3. The average molecular weight is 371 g/mol. The molecular weight excluding hydrogens is 352 g/mol. The zero-order valence-electron chi connectivity index (χ0n) is 14.8. The summed E-state index contributed by atoms with van der Waals surface area (Å²) in [6.45, 7) is 4.18. The Balaban J connectivity index is 1.61. The first-order valence-corrected chi connectivity index (χ1v) is 8.49. The van der Waals surface area contributed by atoms with Crippen LogP contribution >= 0.6 is 11.6 Å². The lowest BCUT2D eigenvalue weighted by molar-refractivity contribution is 0.104. The van der Waals surface area contributed by atoms with Gasteiger partial charge >= 0.3 is 0 Å². The number of ether oxygens (including phenoxy) is 1. The fourth-order valence-corrected chi connectivity index (χ4v) is 2.62. The molecule has 2 heterocycles. The molecule has 26 heavy (non-hydrogen) atoms. The third-order valence-corrected chi connectivity index (χ3v) is 4.46. The molecule has 0 spiro atoms. The summed E-state index contributed by atoms with van der Waals surface area (Å²) in [6, 6.07) is 7.41. The Morgan fingerprint density at radius 3 is 2.69 bits per heavy atom. The molecule has 0 aliphatic heterocycles. The van der Waals surface area contributed by atoms with Crippen LogP contribution in [-0.2, 0) is 13.7 Å². The molecule has 0 amide bonds. The summed E-state index contributed by atoms with van der Waals surface area (Å²) >= 11 is 6.16. The Hall–Kier alpha value is -2.79. The van der Waals surface area contributed by atoms with Crippen LogP contribution in [0.5, 0.6) is 5.75 Å². The van der Waals surface area contributed by atoms with Gasteiger partial charge in [0, 0.05) is 18.3 Å². The second kappa shape index (κ2) is 7.62. The number of furan rings is 1. The number of aromatic nitrogens is 2. The van der Waals surface area contributed by atoms with Gasteiger partial charge in [0.25, 0.3) is 0 Å². The first-order valence-electron chi connectivity index (χ1n) is 8.11. The van der Waals surface area contributed by atoms with Crippen molar-refractivity contribution in [2.75, 3.05) is 0 Å². The molecule has 0 N–H and O–H groups in total. The van der Waals surface area contributed by atoms with E-state index in [1.165, 1.54) is 12.3 Å². The fraction of sp³-hybridized carbons (Fsp3) is 0.200. The van der Waals surface area contributed by atoms with Crippen molar-refractivity contribution in [2.45, 2.75) is 20.5 Å². The van der Waals surface area contributed by atoms with Crippen molar-refractivity contribution in [3.8, 4) is 5.75 Å². The van der Waals surface area contributed by atoms with Gasteiger partial charge in [-0.1, -0.05) is 11.6 Å². The van der Waals surface area contributed by atoms with E-state index in [0.29, 0.717) is 23.7 Å². The molecule has 5 nitrogen and oxygen atoms in total. The molecule has 0 unspecified atom stereocenters. The van der Waals surface area contributed by atoms with Gasteiger partial charge in [0.2, 0.25) is 0 Å². The van der Waals surface area contributed by atoms with E-state index in [-0.39, 0.29) is 5.78 Å². The van der Waals surface area contributed by atoms with E-state index in [9.17, 15) is 4.79 Å². The molecule has 0 fully saturated rings. The monoisotopic (exact) mass is 370 g/mol. The van der Waals surface area contributed by atoms with E-state index in [2.05, 4.69) is 5.10 Å². The van der Waals surface area contributed by atoms with E-state index in [0.717, 1.165) is 21.9 Å². The Labute approximate surface area is 156 Å². The minimum absolute atomic E-state index is 0.126. The molecule has 0 aliphatic carbocycles. The summed E-state index contributed by atoms with van der Waals surface area (Å²) in [5, 5.41) is 4.73. The zero-order chi connectivity index (χ0) is 18.7. The summed E-state index contributed by atoms with van der Waals surface area (Å²) in [6.07, 6.45) is 6.30. The minimum atomic E-state index is -0.126. The molecule has 0 saturated heterocycles. The molecule has 0 aliphatic rings. The molecular formula is C20H19ClN2O3. The average Bonchev–Trinajstić information content (AvgIpc) is 3.24. The third kappa shape index (κ3) is 4.24. The molecule has 2 aromatic heterocycles. The van der Waals surface area contributed by atoms with Gasteiger partial charge in [0.15, 0.2) is 5.78 Å². The van der Waals surface area contributed by atoms with Crippen molar-refractivity contribution in [2.24, 2.45) is 7.05 Å². The first-order chi connectivity index (χ1) is 12.4. The van der Waals surface area contributed by atoms with E-state index in [1.54, 1.807) is 30.1 Å². The molecule has 134 valence electrons. The van der Waals surface area contributed by atoms with Crippen LogP contribution in [-0.4, -0.2) is 15.6 Å². The van der Waals surface area contributed by atoms with Crippen molar-refractivity contribution >= 4 is 23.5 Å². The van der Waals surface area contributed by atoms with E-state index in [1.807, 2.05) is 32.0 Å². The quantitative estimate of drug-likeness (QED) is 0.463. The Morgan fingerprint density at radius 1 is 1.31 bits per heavy atom. The van der Waals surface area contributed by atoms with Crippen molar-refractivity contribution in [3.63, 3.8) is 0 Å². The van der Waals surface area contributed by atoms with Crippen LogP contribution in [0.15, 0.2) is 47.2 Å². The Bertz CT molecular complexity index is 946. The summed E-state index contributed by atoms with van der Waals surface area (Å²) < 4.78 is 13.0. The molecule has 0 bridgehead atoms. The predicted octanol–water partition coefficient (Wildman–Crippen LogP) is 4.76. The van der Waals surface area contributed by atoms with Crippen LogP contribution in [0, 0.1) is 13.8 Å². The molecule has 1 aromatic carbocycles. The minimum Gasteiger partial charge on any atom is -0.486 e. The van der Waals surface area contributed by atoms with E-state index >= 15 is 0 Å². The highest BCUT2D eigenvalue weighted by Gasteiger charge is 2.07. The fourth-order valence-electron chi connectivity index (χ4n) is 2.51. The summed E-state index contributed by atoms with van der Waals surface area (Å²) in [4.78, 5) is 12.0. The van der Waals surface area contributed by atoms with Gasteiger partial charge in [-0.3, -0.25) is 9.48 Å². The van der Waals surface area contributed by atoms with Crippen molar-refractivity contribution in [3.05, 3.63) is 76.0 Å². The lowest BCUT2D eigenvalue weighted by Crippen LogP contribution is -1.95. The van der Waals surface area contributed by atoms with Crippen LogP contribution in [0.2, 0.25) is 5.02 Å². The van der Waals surface area contributed by atoms with Crippen molar-refractivity contribution in [1.82, 2.24) is 9.78 Å². The smallest absolute Gasteiger partial charge is 0.189 e. The molecule has 0 atom stereocenters. The molecule has 0 saturated carbocycles. The maximum atomic E-state index is 12.0. The molecule has 0 radical (unpaired) electrons. The van der Waals surface area contributed by atoms with Gasteiger partial charge in [0.1, 0.15) is 23.9 Å². The van der Waals surface area contributed by atoms with E-state index < -0.39 is 0 Å². The summed E-state index contributed by atoms with van der Waals surface area (Å²) in [7, 11) is 1.77. The SMILES string of the molecule is Cc1cc(OCc2ccc(/C=C/C(=O)c3cnn(C)c3)o2)cc(C)c1Cl. The predicted molar refractivity (Wildman–Crippen MR) is 101 cm³/mol. The maximum Gasteiger partial charge on any atom is 0.189 e. The molecule has 6 heteroatoms. The number of benzene rings is 1. The highest BCUT2D eigenvalue weighted by molar-refractivity contribution is 6.32. The van der Waals surface area contributed by atoms with Crippen LogP contribution in [0.4, 0.5) is 0 Å². The number of nitrogens with zero attached hydrogens (tertiary/aromatic N) is 2. The number of hydrogen-bond donors (Lipinski definition) is 0. The third-order valence-electron chi connectivity index (χ3n) is 3.86. The summed E-state index contributed by atoms with van der Waals surface area (Å²) in [5.41, 5.74) is 2.48. The number of halogens is 1. The van der Waals surface area contributed by atoms with Gasteiger partial charge < -0.3 is 9.15 Å². The number of carbonyl (C=O) groups is 1. The lowest BCUT2D eigenvalue weighted by atomic mass is 10.1. The highest BCUT2D eigenvalue weighted by atomic mass is 35.5. The summed E-state index contributed by atoms with van der Waals surface area (Å²) in [5.74, 6) is 1.87. The largest absolute Gasteiger partial charge is 0.486 e. The number of rotatable bonds is 6. The number of allylic oxidation sites excluding steroid dienone is 1. The second-order valence-corrected chi connectivity index (χ2v) is 6.44. The number of ketones is 1. The zero-order valence-corrected chi connectivity index (χ0v) is 15.6. The molecule has 3 aromatic rings. The van der Waals surface area contributed by atoms with Gasteiger partial charge in [-0.15, -0.1) is 0 Å². The van der Waals surface area contributed by atoms with Crippen LogP contribution in [0.25, 0.3) is 6.08 Å². The van der Waals surface area contributed by atoms with Crippen LogP contribution in [0.3, 0.4) is 0 Å². The Morgan fingerprint density at radius 2 is 2.04 bits per heavy atom. The second-order valence-electron chi connectivity index (χ2n) is 6.06. The van der Waals surface area contributed by atoms with Crippen LogP contribution < -0.4 is 4.74 Å². The van der Waals surface area contributed by atoms with Gasteiger partial charge in [-0.2, -0.15) is 5.10 Å². The normalized spacial score (nSPS) is 11.2. The standard InChI is InChI=1S/C20H19ClN2O3/c1-13-8-18(9-14(2)20(13)21)25-12-17-5-4-16(26-17)6-7-19(24)15-10-22-23(3)11-15/h4-11H,12H2,1-3H3/b7-6+. The topological polar surface area (TPSA) is 57.3 Å². The number of carbonyl (C=O) groups excluding carboxylic acids is 1. The van der Waals surface area contributed by atoms with Crippen LogP contribution in [0.1, 0.15) is 33.0 Å². The van der Waals surface area contributed by atoms with E-state index in [4.69, 9.17) is 20.8 Å². The number of hydrogen-bond acceptors (Lipinski definition) is 4. The van der Waals surface area contributed by atoms with Gasteiger partial charge in [-0.05, 0) is 61.4 Å².